The zero-order valence-corrected chi connectivity index (χ0v) is 17.9. The van der Waals surface area contributed by atoms with E-state index in [4.69, 9.17) is 21.1 Å². The summed E-state index contributed by atoms with van der Waals surface area (Å²) in [7, 11) is 1.51. The molecule has 0 saturated heterocycles. The van der Waals surface area contributed by atoms with E-state index in [1.165, 1.54) is 7.11 Å². The molecule has 29 heavy (non-hydrogen) atoms. The number of carbonyl (C=O) groups excluding carboxylic acids is 1. The van der Waals surface area contributed by atoms with E-state index in [2.05, 4.69) is 26.5 Å². The Morgan fingerprint density at radius 3 is 2.69 bits per heavy atom. The normalized spacial score (nSPS) is 10.7. The van der Waals surface area contributed by atoms with E-state index >= 15 is 0 Å². The van der Waals surface area contributed by atoms with Crippen LogP contribution in [0.5, 0.6) is 11.5 Å². The van der Waals surface area contributed by atoms with Crippen molar-refractivity contribution in [3.05, 3.63) is 92.9 Å². The van der Waals surface area contributed by atoms with Crippen LogP contribution in [0.4, 0.5) is 0 Å². The van der Waals surface area contributed by atoms with Crippen molar-refractivity contribution in [3.8, 4) is 11.5 Å². The number of nitrogens with zero attached hydrogens (tertiary/aromatic N) is 1. The lowest BCUT2D eigenvalue weighted by Gasteiger charge is -2.08. The first-order valence-electron chi connectivity index (χ1n) is 8.69. The summed E-state index contributed by atoms with van der Waals surface area (Å²) in [5.41, 5.74) is 4.71. The van der Waals surface area contributed by atoms with Crippen molar-refractivity contribution in [2.45, 2.75) is 6.61 Å². The van der Waals surface area contributed by atoms with Crippen LogP contribution in [0.25, 0.3) is 0 Å². The molecule has 148 valence electrons. The summed E-state index contributed by atoms with van der Waals surface area (Å²) in [5, 5.41) is 4.72. The Balaban J connectivity index is 1.61. The van der Waals surface area contributed by atoms with Gasteiger partial charge < -0.3 is 9.47 Å². The number of halogens is 2. The first-order chi connectivity index (χ1) is 14.0. The Morgan fingerprint density at radius 1 is 1.14 bits per heavy atom. The number of hydrogen-bond donors (Lipinski definition) is 1. The van der Waals surface area contributed by atoms with Gasteiger partial charge in [-0.15, -0.1) is 0 Å². The zero-order chi connectivity index (χ0) is 20.6. The minimum absolute atomic E-state index is 0.366. The Hall–Kier alpha value is -2.83. The Labute approximate surface area is 182 Å². The number of amides is 1. The third-order valence-corrected chi connectivity index (χ3v) is 4.71. The first kappa shape index (κ1) is 20.9. The summed E-state index contributed by atoms with van der Waals surface area (Å²) in [6.45, 7) is 0.428. The van der Waals surface area contributed by atoms with Gasteiger partial charge in [-0.2, -0.15) is 5.10 Å². The van der Waals surface area contributed by atoms with Gasteiger partial charge in [0.1, 0.15) is 18.1 Å². The highest BCUT2D eigenvalue weighted by atomic mass is 79.9. The molecule has 0 aliphatic rings. The van der Waals surface area contributed by atoms with Crippen molar-refractivity contribution in [3.63, 3.8) is 0 Å². The fraction of sp³-hybridized carbons (Fsp3) is 0.0909. The second kappa shape index (κ2) is 10.1. The summed E-state index contributed by atoms with van der Waals surface area (Å²) >= 11 is 9.24. The summed E-state index contributed by atoms with van der Waals surface area (Å²) in [4.78, 5) is 12.4. The van der Waals surface area contributed by atoms with Crippen molar-refractivity contribution in [1.29, 1.82) is 0 Å². The average Bonchev–Trinajstić information content (AvgIpc) is 2.73. The molecule has 3 aromatic rings. The minimum Gasteiger partial charge on any atom is -0.496 e. The summed E-state index contributed by atoms with van der Waals surface area (Å²) in [6, 6.07) is 20.1. The van der Waals surface area contributed by atoms with Gasteiger partial charge in [0.25, 0.3) is 5.91 Å². The van der Waals surface area contributed by atoms with Gasteiger partial charge >= 0.3 is 0 Å². The fourth-order valence-electron chi connectivity index (χ4n) is 2.52. The Bertz CT molecular complexity index is 1020. The predicted octanol–water partition coefficient (Wildman–Crippen LogP) is 5.45. The number of benzene rings is 3. The maximum absolute atomic E-state index is 12.4. The maximum Gasteiger partial charge on any atom is 0.275 e. The largest absolute Gasteiger partial charge is 0.496 e. The van der Waals surface area contributed by atoms with Gasteiger partial charge in [-0.3, -0.25) is 4.79 Å². The average molecular weight is 474 g/mol. The lowest BCUT2D eigenvalue weighted by molar-refractivity contribution is 0.0952. The lowest BCUT2D eigenvalue weighted by atomic mass is 10.2. The van der Waals surface area contributed by atoms with E-state index < -0.39 is 0 Å². The summed E-state index contributed by atoms with van der Waals surface area (Å²) < 4.78 is 11.8. The molecule has 0 aliphatic heterocycles. The number of ether oxygens (including phenoxy) is 2. The van der Waals surface area contributed by atoms with Crippen LogP contribution in [0.3, 0.4) is 0 Å². The smallest absolute Gasteiger partial charge is 0.275 e. The van der Waals surface area contributed by atoms with E-state index in [9.17, 15) is 4.79 Å². The van der Waals surface area contributed by atoms with Crippen molar-refractivity contribution in [2.75, 3.05) is 7.11 Å². The van der Waals surface area contributed by atoms with Crippen LogP contribution in [-0.2, 0) is 6.61 Å². The van der Waals surface area contributed by atoms with Crippen LogP contribution in [0.15, 0.2) is 76.3 Å². The lowest BCUT2D eigenvalue weighted by Crippen LogP contribution is -2.18. The van der Waals surface area contributed by atoms with Crippen LogP contribution in [0.1, 0.15) is 21.5 Å². The van der Waals surface area contributed by atoms with Crippen molar-refractivity contribution < 1.29 is 14.3 Å². The molecule has 3 rings (SSSR count). The van der Waals surface area contributed by atoms with Crippen molar-refractivity contribution >= 4 is 39.7 Å². The Kier molecular flexibility index (Phi) is 7.27. The number of nitrogens with one attached hydrogen (secondary N) is 1. The molecule has 0 radical (unpaired) electrons. The highest BCUT2D eigenvalue weighted by molar-refractivity contribution is 9.10. The van der Waals surface area contributed by atoms with Crippen LogP contribution in [-0.4, -0.2) is 19.2 Å². The highest BCUT2D eigenvalue weighted by Crippen LogP contribution is 2.22. The second-order valence-electron chi connectivity index (χ2n) is 6.03. The summed E-state index contributed by atoms with van der Waals surface area (Å²) in [6.07, 6.45) is 1.55. The van der Waals surface area contributed by atoms with E-state index in [1.807, 2.05) is 48.5 Å². The molecule has 1 amide bonds. The number of rotatable bonds is 7. The maximum atomic E-state index is 12.4. The highest BCUT2D eigenvalue weighted by Gasteiger charge is 2.11. The fourth-order valence-corrected chi connectivity index (χ4v) is 3.00. The van der Waals surface area contributed by atoms with Gasteiger partial charge in [-0.25, -0.2) is 5.43 Å². The molecular formula is C22H18BrClN2O3. The van der Waals surface area contributed by atoms with Gasteiger partial charge in [0.2, 0.25) is 0 Å². The molecule has 1 N–H and O–H groups in total. The first-order valence-corrected chi connectivity index (χ1v) is 9.86. The van der Waals surface area contributed by atoms with Gasteiger partial charge in [-0.1, -0.05) is 51.8 Å². The van der Waals surface area contributed by atoms with Gasteiger partial charge in [0.05, 0.1) is 18.9 Å². The number of carbonyl (C=O) groups is 1. The van der Waals surface area contributed by atoms with E-state index in [0.717, 1.165) is 15.6 Å². The molecule has 5 nitrogen and oxygen atoms in total. The number of methoxy groups -OCH3 is 1. The minimum atomic E-state index is -0.366. The van der Waals surface area contributed by atoms with Crippen molar-refractivity contribution in [2.24, 2.45) is 5.10 Å². The van der Waals surface area contributed by atoms with Gasteiger partial charge in [0, 0.05) is 9.50 Å². The molecule has 0 unspecified atom stereocenters. The molecule has 3 aromatic carbocycles. The van der Waals surface area contributed by atoms with E-state index in [0.29, 0.717) is 28.7 Å². The molecule has 0 saturated carbocycles. The molecule has 0 heterocycles. The van der Waals surface area contributed by atoms with Crippen LogP contribution >= 0.6 is 27.5 Å². The molecule has 0 spiro atoms. The summed E-state index contributed by atoms with van der Waals surface area (Å²) in [5.74, 6) is 0.803. The van der Waals surface area contributed by atoms with Gasteiger partial charge in [0.15, 0.2) is 0 Å². The standard InChI is InChI=1S/C22H18BrClN2O3/c1-28-21-10-7-17(23)12-20(21)22(27)26-25-13-16-3-2-4-19(11-16)29-14-15-5-8-18(24)9-6-15/h2-13H,14H2,1H3,(H,26,27)/b25-13-. The van der Waals surface area contributed by atoms with Crippen LogP contribution < -0.4 is 14.9 Å². The van der Waals surface area contributed by atoms with E-state index in [-0.39, 0.29) is 5.91 Å². The monoisotopic (exact) mass is 472 g/mol. The van der Waals surface area contributed by atoms with Crippen LogP contribution in [0.2, 0.25) is 5.02 Å². The predicted molar refractivity (Wildman–Crippen MR) is 118 cm³/mol. The Morgan fingerprint density at radius 2 is 1.93 bits per heavy atom. The molecule has 0 fully saturated rings. The number of hydrogen-bond acceptors (Lipinski definition) is 4. The third-order valence-electron chi connectivity index (χ3n) is 3.96. The quantitative estimate of drug-likeness (QED) is 0.366. The van der Waals surface area contributed by atoms with Gasteiger partial charge in [-0.05, 0) is 53.6 Å². The molecule has 7 heteroatoms. The molecule has 0 aliphatic carbocycles. The third kappa shape index (κ3) is 6.07. The SMILES string of the molecule is COc1ccc(Br)cc1C(=O)N/N=C\c1cccc(OCc2ccc(Cl)cc2)c1. The number of hydrazone groups is 1. The van der Waals surface area contributed by atoms with Crippen molar-refractivity contribution in [1.82, 2.24) is 5.43 Å². The second-order valence-corrected chi connectivity index (χ2v) is 7.38. The molecular weight excluding hydrogens is 456 g/mol. The van der Waals surface area contributed by atoms with E-state index in [1.54, 1.807) is 24.4 Å². The molecule has 0 atom stereocenters. The van der Waals surface area contributed by atoms with Crippen LogP contribution in [0, 0.1) is 0 Å². The zero-order valence-electron chi connectivity index (χ0n) is 15.6. The topological polar surface area (TPSA) is 59.9 Å². The molecule has 0 aromatic heterocycles. The molecule has 0 bridgehead atoms.